The number of hydrogen-bond donors (Lipinski definition) is 1. The van der Waals surface area contributed by atoms with Crippen LogP contribution < -0.4 is 0 Å². The first kappa shape index (κ1) is 15.8. The number of halogens is 1. The molecule has 7 heteroatoms. The fourth-order valence-electron chi connectivity index (χ4n) is 2.79. The quantitative estimate of drug-likeness (QED) is 0.868. The predicted octanol–water partition coefficient (Wildman–Crippen LogP) is 1.87. The van der Waals surface area contributed by atoms with Gasteiger partial charge in [-0.25, -0.2) is 4.98 Å². The Balaban J connectivity index is 1.60. The van der Waals surface area contributed by atoms with E-state index in [0.29, 0.717) is 50.5 Å². The number of piperazine rings is 1. The van der Waals surface area contributed by atoms with Gasteiger partial charge in [0.15, 0.2) is 0 Å². The van der Waals surface area contributed by atoms with E-state index in [2.05, 4.69) is 9.97 Å². The number of carbonyl (C=O) groups is 2. The lowest BCUT2D eigenvalue weighted by atomic mass is 10.1. The van der Waals surface area contributed by atoms with Crippen LogP contribution >= 0.6 is 11.6 Å². The Morgan fingerprint density at radius 1 is 1.17 bits per heavy atom. The lowest BCUT2D eigenvalue weighted by Gasteiger charge is -2.35. The van der Waals surface area contributed by atoms with Crippen molar-refractivity contribution < 1.29 is 9.59 Å². The first-order valence-corrected chi connectivity index (χ1v) is 8.28. The normalized spacial score (nSPS) is 15.2. The Hall–Kier alpha value is -2.08. The maximum Gasteiger partial charge on any atom is 0.254 e. The second-order valence-electron chi connectivity index (χ2n) is 5.60. The first-order valence-electron chi connectivity index (χ1n) is 7.75. The molecule has 0 spiro atoms. The van der Waals surface area contributed by atoms with Crippen LogP contribution in [0.3, 0.4) is 0 Å². The molecule has 23 heavy (non-hydrogen) atoms. The van der Waals surface area contributed by atoms with E-state index >= 15 is 0 Å². The zero-order valence-corrected chi connectivity index (χ0v) is 13.6. The van der Waals surface area contributed by atoms with Gasteiger partial charge in [-0.3, -0.25) is 9.59 Å². The average molecular weight is 335 g/mol. The monoisotopic (exact) mass is 334 g/mol. The lowest BCUT2D eigenvalue weighted by molar-refractivity contribution is -0.132. The summed E-state index contributed by atoms with van der Waals surface area (Å²) < 4.78 is 0. The minimum absolute atomic E-state index is 0.00522. The number of benzene rings is 1. The van der Waals surface area contributed by atoms with Crippen LogP contribution in [0.5, 0.6) is 0 Å². The molecule has 2 amide bonds. The van der Waals surface area contributed by atoms with Crippen LogP contribution in [-0.2, 0) is 4.79 Å². The number of imidazole rings is 1. The number of hydrogen-bond acceptors (Lipinski definition) is 3. The van der Waals surface area contributed by atoms with Gasteiger partial charge in [-0.15, -0.1) is 11.6 Å². The summed E-state index contributed by atoms with van der Waals surface area (Å²) in [7, 11) is 0. The van der Waals surface area contributed by atoms with Crippen LogP contribution in [-0.4, -0.2) is 63.6 Å². The number of amides is 2. The minimum atomic E-state index is -0.00522. The van der Waals surface area contributed by atoms with E-state index < -0.39 is 0 Å². The highest BCUT2D eigenvalue weighted by Gasteiger charge is 2.24. The Bertz CT molecular complexity index is 707. The van der Waals surface area contributed by atoms with Crippen LogP contribution in [0.4, 0.5) is 0 Å². The first-order chi connectivity index (χ1) is 11.2. The summed E-state index contributed by atoms with van der Waals surface area (Å²) in [5.74, 6) is 0.617. The molecule has 1 fully saturated rings. The molecule has 1 N–H and O–H groups in total. The molecule has 0 aliphatic carbocycles. The van der Waals surface area contributed by atoms with Gasteiger partial charge >= 0.3 is 0 Å². The highest BCUT2D eigenvalue weighted by molar-refractivity contribution is 6.17. The average Bonchev–Trinajstić information content (AvgIpc) is 3.06. The maximum atomic E-state index is 12.6. The summed E-state index contributed by atoms with van der Waals surface area (Å²) in [6.45, 7) is 2.29. The molecule has 1 aliphatic heterocycles. The standard InChI is InChI=1S/C16H19ClN4O2/c17-5-1-2-15(22)20-6-8-21(9-7-20)16(23)12-3-4-13-14(10-12)19-11-18-13/h3-4,10-11H,1-2,5-9H2,(H,18,19). The van der Waals surface area contributed by atoms with E-state index in [-0.39, 0.29) is 11.8 Å². The molecule has 3 rings (SSSR count). The van der Waals surface area contributed by atoms with Gasteiger partial charge in [0, 0.05) is 44.0 Å². The summed E-state index contributed by atoms with van der Waals surface area (Å²) >= 11 is 5.62. The summed E-state index contributed by atoms with van der Waals surface area (Å²) in [5, 5.41) is 0. The molecule has 1 saturated heterocycles. The third-order valence-electron chi connectivity index (χ3n) is 4.11. The van der Waals surface area contributed by atoms with Crippen LogP contribution in [0.25, 0.3) is 11.0 Å². The summed E-state index contributed by atoms with van der Waals surface area (Å²) in [6, 6.07) is 5.46. The van der Waals surface area contributed by atoms with Crippen LogP contribution in [0.2, 0.25) is 0 Å². The lowest BCUT2D eigenvalue weighted by Crippen LogP contribution is -2.50. The predicted molar refractivity (Wildman–Crippen MR) is 88.5 cm³/mol. The zero-order chi connectivity index (χ0) is 16.2. The summed E-state index contributed by atoms with van der Waals surface area (Å²) in [5.41, 5.74) is 2.34. The van der Waals surface area contributed by atoms with Crippen molar-refractivity contribution in [2.45, 2.75) is 12.8 Å². The smallest absolute Gasteiger partial charge is 0.254 e. The van der Waals surface area contributed by atoms with Crippen molar-refractivity contribution >= 4 is 34.4 Å². The second kappa shape index (κ2) is 7.00. The van der Waals surface area contributed by atoms with Crippen molar-refractivity contribution in [1.82, 2.24) is 19.8 Å². The number of carbonyl (C=O) groups excluding carboxylic acids is 2. The van der Waals surface area contributed by atoms with Crippen LogP contribution in [0, 0.1) is 0 Å². The molecule has 1 aromatic carbocycles. The van der Waals surface area contributed by atoms with Gasteiger partial charge in [0.1, 0.15) is 0 Å². The maximum absolute atomic E-state index is 12.6. The molecule has 1 aliphatic rings. The molecule has 0 atom stereocenters. The number of aromatic nitrogens is 2. The zero-order valence-electron chi connectivity index (χ0n) is 12.8. The topological polar surface area (TPSA) is 69.3 Å². The third kappa shape index (κ3) is 3.47. The Morgan fingerprint density at radius 3 is 2.65 bits per heavy atom. The van der Waals surface area contributed by atoms with Crippen molar-refractivity contribution in [3.8, 4) is 0 Å². The second-order valence-corrected chi connectivity index (χ2v) is 5.98. The van der Waals surface area contributed by atoms with E-state index in [1.54, 1.807) is 17.3 Å². The number of nitrogens with zero attached hydrogens (tertiary/aromatic N) is 3. The van der Waals surface area contributed by atoms with E-state index in [9.17, 15) is 9.59 Å². The third-order valence-corrected chi connectivity index (χ3v) is 4.38. The summed E-state index contributed by atoms with van der Waals surface area (Å²) in [6.07, 6.45) is 2.79. The van der Waals surface area contributed by atoms with Gasteiger partial charge in [-0.2, -0.15) is 0 Å². The van der Waals surface area contributed by atoms with Gasteiger partial charge < -0.3 is 14.8 Å². The number of rotatable bonds is 4. The van der Waals surface area contributed by atoms with Crippen molar-refractivity contribution in [2.75, 3.05) is 32.1 Å². The van der Waals surface area contributed by atoms with Gasteiger partial charge in [-0.1, -0.05) is 0 Å². The number of H-pyrrole nitrogens is 1. The van der Waals surface area contributed by atoms with Gasteiger partial charge in [0.2, 0.25) is 5.91 Å². The highest BCUT2D eigenvalue weighted by Crippen LogP contribution is 2.15. The molecule has 1 aromatic heterocycles. The van der Waals surface area contributed by atoms with Gasteiger partial charge in [0.05, 0.1) is 17.4 Å². The fourth-order valence-corrected chi connectivity index (χ4v) is 2.92. The highest BCUT2D eigenvalue weighted by atomic mass is 35.5. The molecular formula is C16H19ClN4O2. The van der Waals surface area contributed by atoms with Gasteiger partial charge in [-0.05, 0) is 24.6 Å². The van der Waals surface area contributed by atoms with Crippen LogP contribution in [0.15, 0.2) is 24.5 Å². The fraction of sp³-hybridized carbons (Fsp3) is 0.438. The number of nitrogens with one attached hydrogen (secondary N) is 1. The Labute approximate surface area is 139 Å². The Kier molecular flexibility index (Phi) is 4.81. The van der Waals surface area contributed by atoms with Crippen molar-refractivity contribution in [1.29, 1.82) is 0 Å². The molecule has 6 nitrogen and oxygen atoms in total. The molecule has 2 heterocycles. The number of aromatic amines is 1. The van der Waals surface area contributed by atoms with E-state index in [0.717, 1.165) is 11.0 Å². The van der Waals surface area contributed by atoms with Crippen molar-refractivity contribution in [3.63, 3.8) is 0 Å². The molecule has 2 aromatic rings. The van der Waals surface area contributed by atoms with Crippen molar-refractivity contribution in [3.05, 3.63) is 30.1 Å². The van der Waals surface area contributed by atoms with E-state index in [1.165, 1.54) is 0 Å². The number of fused-ring (bicyclic) bond motifs is 1. The molecular weight excluding hydrogens is 316 g/mol. The van der Waals surface area contributed by atoms with E-state index in [4.69, 9.17) is 11.6 Å². The number of alkyl halides is 1. The molecule has 0 radical (unpaired) electrons. The van der Waals surface area contributed by atoms with E-state index in [1.807, 2.05) is 17.0 Å². The summed E-state index contributed by atoms with van der Waals surface area (Å²) in [4.78, 5) is 35.3. The SMILES string of the molecule is O=C(CCCCl)N1CCN(C(=O)c2ccc3nc[nH]c3c2)CC1. The molecule has 122 valence electrons. The Morgan fingerprint density at radius 2 is 1.91 bits per heavy atom. The van der Waals surface area contributed by atoms with Crippen molar-refractivity contribution in [2.24, 2.45) is 0 Å². The molecule has 0 saturated carbocycles. The largest absolute Gasteiger partial charge is 0.345 e. The molecule has 0 unspecified atom stereocenters. The molecule has 0 bridgehead atoms. The van der Waals surface area contributed by atoms with Gasteiger partial charge in [0.25, 0.3) is 5.91 Å². The minimum Gasteiger partial charge on any atom is -0.345 e. The van der Waals surface area contributed by atoms with Crippen LogP contribution in [0.1, 0.15) is 23.2 Å².